The Kier molecular flexibility index (Phi) is 10.5. The SMILES string of the molecule is Cc1cc(-c2cccc(C(=O)OCc3ccccc3)c2)cc(C)c1OCCN[C@@H](C)[C@H](O)c1ccc2cc1NS(=O)(=O)c1cccc(c1)CO2. The molecular formula is C40H40N2O7S. The van der Waals surface area contributed by atoms with E-state index in [1.54, 1.807) is 36.4 Å². The van der Waals surface area contributed by atoms with Crippen LogP contribution >= 0.6 is 0 Å². The lowest BCUT2D eigenvalue weighted by Crippen LogP contribution is -2.35. The molecule has 1 aliphatic heterocycles. The Labute approximate surface area is 292 Å². The second-order valence-electron chi connectivity index (χ2n) is 12.4. The zero-order chi connectivity index (χ0) is 35.3. The summed E-state index contributed by atoms with van der Waals surface area (Å²) in [6.45, 7) is 7.00. The summed E-state index contributed by atoms with van der Waals surface area (Å²) in [5.74, 6) is 0.876. The smallest absolute Gasteiger partial charge is 0.338 e. The van der Waals surface area contributed by atoms with Crippen LogP contribution in [0.2, 0.25) is 0 Å². The predicted octanol–water partition coefficient (Wildman–Crippen LogP) is 7.11. The number of carbonyl (C=O) groups excluding carboxylic acids is 1. The van der Waals surface area contributed by atoms with Crippen LogP contribution in [0.3, 0.4) is 0 Å². The molecule has 50 heavy (non-hydrogen) atoms. The van der Waals surface area contributed by atoms with Crippen molar-refractivity contribution in [2.75, 3.05) is 17.9 Å². The van der Waals surface area contributed by atoms with Crippen LogP contribution in [0, 0.1) is 13.8 Å². The molecule has 5 aromatic rings. The van der Waals surface area contributed by atoms with Crippen molar-refractivity contribution < 1.29 is 32.5 Å². The molecule has 0 saturated carbocycles. The maximum atomic E-state index is 13.2. The lowest BCUT2D eigenvalue weighted by Gasteiger charge is -2.24. The van der Waals surface area contributed by atoms with Crippen LogP contribution < -0.4 is 19.5 Å². The van der Waals surface area contributed by atoms with E-state index in [4.69, 9.17) is 14.2 Å². The molecule has 2 atom stereocenters. The van der Waals surface area contributed by atoms with Gasteiger partial charge in [-0.05, 0) is 96.6 Å². The molecule has 0 aromatic heterocycles. The fraction of sp³-hybridized carbons (Fsp3) is 0.225. The summed E-state index contributed by atoms with van der Waals surface area (Å²) < 4.78 is 46.5. The molecule has 9 nitrogen and oxygen atoms in total. The van der Waals surface area contributed by atoms with E-state index in [2.05, 4.69) is 10.0 Å². The van der Waals surface area contributed by atoms with Gasteiger partial charge in [0.15, 0.2) is 0 Å². The lowest BCUT2D eigenvalue weighted by atomic mass is 9.98. The highest BCUT2D eigenvalue weighted by molar-refractivity contribution is 7.92. The average molecular weight is 693 g/mol. The van der Waals surface area contributed by atoms with Crippen molar-refractivity contribution in [2.24, 2.45) is 0 Å². The number of aliphatic hydroxyl groups is 1. The third-order valence-electron chi connectivity index (χ3n) is 8.60. The second kappa shape index (κ2) is 15.2. The Morgan fingerprint density at radius 3 is 2.44 bits per heavy atom. The largest absolute Gasteiger partial charge is 0.492 e. The maximum Gasteiger partial charge on any atom is 0.338 e. The molecule has 0 unspecified atom stereocenters. The van der Waals surface area contributed by atoms with Crippen LogP contribution in [0.15, 0.2) is 114 Å². The second-order valence-corrected chi connectivity index (χ2v) is 14.1. The van der Waals surface area contributed by atoms with E-state index in [9.17, 15) is 18.3 Å². The molecule has 0 fully saturated rings. The zero-order valence-electron chi connectivity index (χ0n) is 28.2. The van der Waals surface area contributed by atoms with Gasteiger partial charge in [-0.15, -0.1) is 0 Å². The third kappa shape index (κ3) is 8.16. The first-order valence-electron chi connectivity index (χ1n) is 16.4. The summed E-state index contributed by atoms with van der Waals surface area (Å²) in [5.41, 5.74) is 6.58. The minimum atomic E-state index is -3.88. The number of hydrogen-bond donors (Lipinski definition) is 3. The highest BCUT2D eigenvalue weighted by Crippen LogP contribution is 2.33. The maximum absolute atomic E-state index is 13.2. The summed E-state index contributed by atoms with van der Waals surface area (Å²) in [6, 6.07) is 32.2. The van der Waals surface area contributed by atoms with Crippen LogP contribution in [0.5, 0.6) is 11.5 Å². The molecule has 6 rings (SSSR count). The van der Waals surface area contributed by atoms with E-state index in [0.29, 0.717) is 30.0 Å². The number of sulfonamides is 1. The first kappa shape index (κ1) is 34.7. The average Bonchev–Trinajstić information content (AvgIpc) is 3.12. The number of hydrogen-bond acceptors (Lipinski definition) is 8. The van der Waals surface area contributed by atoms with E-state index < -0.39 is 22.2 Å². The topological polar surface area (TPSA) is 123 Å². The molecule has 5 aromatic carbocycles. The van der Waals surface area contributed by atoms with Crippen molar-refractivity contribution in [1.82, 2.24) is 5.32 Å². The van der Waals surface area contributed by atoms with Gasteiger partial charge < -0.3 is 24.6 Å². The number of benzene rings is 5. The van der Waals surface area contributed by atoms with Gasteiger partial charge in [0.2, 0.25) is 0 Å². The fourth-order valence-electron chi connectivity index (χ4n) is 5.94. The Morgan fingerprint density at radius 2 is 1.66 bits per heavy atom. The molecule has 3 N–H and O–H groups in total. The van der Waals surface area contributed by atoms with Crippen molar-refractivity contribution in [2.45, 2.75) is 51.0 Å². The predicted molar refractivity (Wildman–Crippen MR) is 193 cm³/mol. The first-order chi connectivity index (χ1) is 24.1. The standard InChI is InChI=1S/C40H40N2O7S/c1-26-19-33(31-12-8-13-32(22-31)40(44)49-24-29-9-5-4-6-10-29)20-27(2)39(26)47-18-17-41-28(3)38(43)36-16-15-34-23-37(36)42-50(45,46)35-14-7-11-30(21-35)25-48-34/h4-16,19-23,28,38,41-43H,17-18,24-25H2,1-3H3/t28-,38-/m0/s1. The van der Waals surface area contributed by atoms with Gasteiger partial charge in [0.05, 0.1) is 22.3 Å². The zero-order valence-corrected chi connectivity index (χ0v) is 29.0. The third-order valence-corrected chi connectivity index (χ3v) is 9.96. The Hall–Kier alpha value is -5.16. The summed E-state index contributed by atoms with van der Waals surface area (Å²) in [5, 5.41) is 14.6. The van der Waals surface area contributed by atoms with Crippen molar-refractivity contribution in [3.63, 3.8) is 0 Å². The summed E-state index contributed by atoms with van der Waals surface area (Å²) in [6.07, 6.45) is -1.02. The van der Waals surface area contributed by atoms with Gasteiger partial charge in [-0.25, -0.2) is 13.2 Å². The molecule has 1 heterocycles. The molecule has 0 saturated heterocycles. The van der Waals surface area contributed by atoms with Crippen LogP contribution in [0.1, 0.15) is 51.2 Å². The van der Waals surface area contributed by atoms with E-state index in [1.165, 1.54) is 6.07 Å². The molecule has 4 bridgehead atoms. The number of carbonyl (C=O) groups is 1. The van der Waals surface area contributed by atoms with Gasteiger partial charge >= 0.3 is 5.97 Å². The highest BCUT2D eigenvalue weighted by atomic mass is 32.2. The quantitative estimate of drug-likeness (QED) is 0.0989. The number of esters is 1. The van der Waals surface area contributed by atoms with Gasteiger partial charge in [-0.3, -0.25) is 4.72 Å². The molecule has 1 aliphatic rings. The van der Waals surface area contributed by atoms with Crippen molar-refractivity contribution in [1.29, 1.82) is 0 Å². The molecule has 0 amide bonds. The summed E-state index contributed by atoms with van der Waals surface area (Å²) in [4.78, 5) is 12.9. The molecule has 0 radical (unpaired) electrons. The minimum absolute atomic E-state index is 0.126. The molecule has 10 heteroatoms. The van der Waals surface area contributed by atoms with E-state index in [-0.39, 0.29) is 29.8 Å². The Balaban J connectivity index is 1.06. The summed E-state index contributed by atoms with van der Waals surface area (Å²) in [7, 11) is -3.88. The van der Waals surface area contributed by atoms with Crippen LogP contribution in [-0.2, 0) is 28.0 Å². The van der Waals surface area contributed by atoms with Gasteiger partial charge in [0.25, 0.3) is 10.0 Å². The first-order valence-corrected chi connectivity index (χ1v) is 17.9. The van der Waals surface area contributed by atoms with E-state index in [0.717, 1.165) is 39.1 Å². The minimum Gasteiger partial charge on any atom is -0.492 e. The lowest BCUT2D eigenvalue weighted by molar-refractivity contribution is 0.0472. The molecule has 0 aliphatic carbocycles. The van der Waals surface area contributed by atoms with Crippen molar-refractivity contribution in [3.05, 3.63) is 143 Å². The molecule has 0 spiro atoms. The monoisotopic (exact) mass is 692 g/mol. The van der Waals surface area contributed by atoms with Crippen LogP contribution in [-0.4, -0.2) is 38.7 Å². The van der Waals surface area contributed by atoms with Gasteiger partial charge in [0, 0.05) is 24.2 Å². The highest BCUT2D eigenvalue weighted by Gasteiger charge is 2.24. The van der Waals surface area contributed by atoms with Gasteiger partial charge in [0.1, 0.15) is 31.3 Å². The van der Waals surface area contributed by atoms with Crippen LogP contribution in [0.25, 0.3) is 11.1 Å². The van der Waals surface area contributed by atoms with E-state index >= 15 is 0 Å². The van der Waals surface area contributed by atoms with Crippen molar-refractivity contribution in [3.8, 4) is 22.6 Å². The molecule has 258 valence electrons. The van der Waals surface area contributed by atoms with Gasteiger partial charge in [-0.1, -0.05) is 60.7 Å². The number of aliphatic hydroxyl groups excluding tert-OH is 1. The normalized spacial score (nSPS) is 14.4. The molecular weight excluding hydrogens is 653 g/mol. The number of ether oxygens (including phenoxy) is 3. The number of rotatable bonds is 11. The number of nitrogens with one attached hydrogen (secondary N) is 2. The Bertz CT molecular complexity index is 2080. The Morgan fingerprint density at radius 1 is 0.900 bits per heavy atom. The number of aryl methyl sites for hydroxylation is 2. The number of anilines is 1. The fourth-order valence-corrected chi connectivity index (χ4v) is 7.09. The van der Waals surface area contributed by atoms with Crippen LogP contribution in [0.4, 0.5) is 5.69 Å². The summed E-state index contributed by atoms with van der Waals surface area (Å²) >= 11 is 0. The number of fused-ring (bicyclic) bond motifs is 4. The van der Waals surface area contributed by atoms with Gasteiger partial charge in [-0.2, -0.15) is 0 Å². The van der Waals surface area contributed by atoms with Crippen molar-refractivity contribution >= 4 is 21.7 Å². The van der Waals surface area contributed by atoms with E-state index in [1.807, 2.05) is 87.5 Å².